The van der Waals surface area contributed by atoms with Gasteiger partial charge in [0.25, 0.3) is 0 Å². The topological polar surface area (TPSA) is 48.5 Å². The summed E-state index contributed by atoms with van der Waals surface area (Å²) in [7, 11) is 1.72. The van der Waals surface area contributed by atoms with Gasteiger partial charge in [0.15, 0.2) is 0 Å². The summed E-state index contributed by atoms with van der Waals surface area (Å²) in [6, 6.07) is 7.24. The van der Waals surface area contributed by atoms with Gasteiger partial charge in [-0.3, -0.25) is 4.90 Å². The second kappa shape index (κ2) is 5.11. The van der Waals surface area contributed by atoms with Crippen LogP contribution in [-0.4, -0.2) is 41.3 Å². The largest absolute Gasteiger partial charge is 0.497 e. The summed E-state index contributed by atoms with van der Waals surface area (Å²) in [6.45, 7) is 3.49. The molecular weight excluding hydrogens is 300 g/mol. The first kappa shape index (κ1) is 14.6. The SMILES string of the molecule is CC=C1CN2[C@H]3C[C@@H]1[C@@H](CO)[C@@H]2Cc1c3[nH]c2ccc(OC)cc12. The molecule has 0 saturated carbocycles. The number of benzene rings is 1. The average Bonchev–Trinajstić information content (AvgIpc) is 2.99. The Labute approximate surface area is 142 Å². The van der Waals surface area contributed by atoms with Crippen LogP contribution in [0.25, 0.3) is 10.9 Å². The molecular formula is C20H24N2O2. The van der Waals surface area contributed by atoms with Crippen molar-refractivity contribution in [2.24, 2.45) is 11.8 Å². The fraction of sp³-hybridized carbons (Fsp3) is 0.500. The third kappa shape index (κ3) is 1.76. The van der Waals surface area contributed by atoms with Crippen molar-refractivity contribution in [3.8, 4) is 5.75 Å². The number of H-pyrrole nitrogens is 1. The van der Waals surface area contributed by atoms with Gasteiger partial charge in [-0.25, -0.2) is 0 Å². The number of rotatable bonds is 2. The van der Waals surface area contributed by atoms with E-state index >= 15 is 0 Å². The highest BCUT2D eigenvalue weighted by Crippen LogP contribution is 2.54. The lowest BCUT2D eigenvalue weighted by Crippen LogP contribution is -2.60. The molecule has 2 N–H and O–H groups in total. The van der Waals surface area contributed by atoms with E-state index in [1.54, 1.807) is 7.11 Å². The fourth-order valence-corrected chi connectivity index (χ4v) is 5.47. The molecule has 4 bridgehead atoms. The average molecular weight is 324 g/mol. The number of ether oxygens (including phenoxy) is 1. The Morgan fingerprint density at radius 1 is 1.42 bits per heavy atom. The van der Waals surface area contributed by atoms with Crippen molar-refractivity contribution in [3.05, 3.63) is 41.1 Å². The van der Waals surface area contributed by atoms with Gasteiger partial charge < -0.3 is 14.8 Å². The van der Waals surface area contributed by atoms with Gasteiger partial charge in [0.2, 0.25) is 0 Å². The first-order valence-electron chi connectivity index (χ1n) is 8.95. The number of aliphatic hydroxyl groups is 1. The summed E-state index contributed by atoms with van der Waals surface area (Å²) in [5, 5.41) is 11.3. The van der Waals surface area contributed by atoms with Gasteiger partial charge in [0.05, 0.1) is 13.2 Å². The van der Waals surface area contributed by atoms with E-state index in [2.05, 4.69) is 35.0 Å². The molecule has 4 nitrogen and oxygen atoms in total. The molecule has 0 spiro atoms. The molecule has 1 unspecified atom stereocenters. The lowest BCUT2D eigenvalue weighted by atomic mass is 9.64. The van der Waals surface area contributed by atoms with Crippen molar-refractivity contribution >= 4 is 10.9 Å². The maximum atomic E-state index is 10.1. The van der Waals surface area contributed by atoms with E-state index in [0.29, 0.717) is 23.9 Å². The van der Waals surface area contributed by atoms with Gasteiger partial charge >= 0.3 is 0 Å². The normalized spacial score (nSPS) is 35.5. The van der Waals surface area contributed by atoms with Gasteiger partial charge in [0.1, 0.15) is 5.75 Å². The lowest BCUT2D eigenvalue weighted by Gasteiger charge is -2.58. The maximum absolute atomic E-state index is 10.1. The van der Waals surface area contributed by atoms with Crippen molar-refractivity contribution in [1.82, 2.24) is 9.88 Å². The van der Waals surface area contributed by atoms with Crippen molar-refractivity contribution < 1.29 is 9.84 Å². The molecule has 1 aromatic heterocycles. The Bertz CT molecular complexity index is 838. The monoisotopic (exact) mass is 324 g/mol. The summed E-state index contributed by atoms with van der Waals surface area (Å²) in [4.78, 5) is 6.32. The molecule has 3 saturated heterocycles. The first-order valence-corrected chi connectivity index (χ1v) is 8.95. The minimum absolute atomic E-state index is 0.289. The highest BCUT2D eigenvalue weighted by Gasteiger charge is 2.52. The zero-order chi connectivity index (χ0) is 16.4. The Balaban J connectivity index is 1.66. The number of aromatic nitrogens is 1. The van der Waals surface area contributed by atoms with Crippen LogP contribution in [0.15, 0.2) is 29.8 Å². The number of piperidine rings is 3. The number of hydrogen-bond acceptors (Lipinski definition) is 3. The quantitative estimate of drug-likeness (QED) is 0.835. The number of allylic oxidation sites excluding steroid dienone is 1. The molecule has 126 valence electrons. The zero-order valence-corrected chi connectivity index (χ0v) is 14.2. The van der Waals surface area contributed by atoms with E-state index in [4.69, 9.17) is 4.74 Å². The number of aliphatic hydroxyl groups excluding tert-OH is 1. The molecule has 4 heteroatoms. The molecule has 3 fully saturated rings. The van der Waals surface area contributed by atoms with Crippen LogP contribution in [0.4, 0.5) is 0 Å². The predicted molar refractivity (Wildman–Crippen MR) is 94.2 cm³/mol. The Morgan fingerprint density at radius 3 is 3.04 bits per heavy atom. The molecule has 1 aromatic carbocycles. The van der Waals surface area contributed by atoms with Gasteiger partial charge in [-0.05, 0) is 49.4 Å². The summed E-state index contributed by atoms with van der Waals surface area (Å²) < 4.78 is 5.43. The number of aromatic amines is 1. The van der Waals surface area contributed by atoms with Crippen LogP contribution >= 0.6 is 0 Å². The molecule has 6 rings (SSSR count). The predicted octanol–water partition coefficient (Wildman–Crippen LogP) is 3.03. The summed E-state index contributed by atoms with van der Waals surface area (Å²) in [5.74, 6) is 1.82. The molecule has 0 aliphatic carbocycles. The summed E-state index contributed by atoms with van der Waals surface area (Å²) in [6.07, 6.45) is 4.42. The fourth-order valence-electron chi connectivity index (χ4n) is 5.47. The van der Waals surface area contributed by atoms with E-state index < -0.39 is 0 Å². The molecule has 24 heavy (non-hydrogen) atoms. The van der Waals surface area contributed by atoms with Gasteiger partial charge in [-0.15, -0.1) is 0 Å². The number of nitrogens with zero attached hydrogens (tertiary/aromatic N) is 1. The smallest absolute Gasteiger partial charge is 0.119 e. The van der Waals surface area contributed by atoms with Crippen LogP contribution in [0, 0.1) is 11.8 Å². The van der Waals surface area contributed by atoms with Crippen LogP contribution in [-0.2, 0) is 6.42 Å². The molecule has 5 atom stereocenters. The van der Waals surface area contributed by atoms with E-state index in [-0.39, 0.29) is 6.61 Å². The highest BCUT2D eigenvalue weighted by atomic mass is 16.5. The van der Waals surface area contributed by atoms with E-state index in [1.165, 1.54) is 27.7 Å². The Hall–Kier alpha value is -1.78. The van der Waals surface area contributed by atoms with E-state index in [9.17, 15) is 5.11 Å². The minimum Gasteiger partial charge on any atom is -0.497 e. The van der Waals surface area contributed by atoms with Crippen LogP contribution in [0.1, 0.15) is 30.6 Å². The van der Waals surface area contributed by atoms with Crippen LogP contribution in [0.2, 0.25) is 0 Å². The van der Waals surface area contributed by atoms with Crippen molar-refractivity contribution in [2.75, 3.05) is 20.3 Å². The van der Waals surface area contributed by atoms with Gasteiger partial charge in [0, 0.05) is 41.7 Å². The number of hydrogen-bond donors (Lipinski definition) is 2. The van der Waals surface area contributed by atoms with Gasteiger partial charge in [-0.2, -0.15) is 0 Å². The Kier molecular flexibility index (Phi) is 3.10. The minimum atomic E-state index is 0.289. The second-order valence-corrected chi connectivity index (χ2v) is 7.44. The summed E-state index contributed by atoms with van der Waals surface area (Å²) in [5.41, 5.74) is 5.56. The molecule has 2 aromatic rings. The van der Waals surface area contributed by atoms with Crippen molar-refractivity contribution in [1.29, 1.82) is 0 Å². The van der Waals surface area contributed by atoms with Gasteiger partial charge in [-0.1, -0.05) is 11.6 Å². The van der Waals surface area contributed by atoms with Crippen molar-refractivity contribution in [2.45, 2.75) is 31.8 Å². The molecule has 0 radical (unpaired) electrons. The zero-order valence-electron chi connectivity index (χ0n) is 14.2. The van der Waals surface area contributed by atoms with Crippen LogP contribution < -0.4 is 4.74 Å². The lowest BCUT2D eigenvalue weighted by molar-refractivity contribution is -0.0503. The maximum Gasteiger partial charge on any atom is 0.119 e. The van der Waals surface area contributed by atoms with Crippen LogP contribution in [0.3, 0.4) is 0 Å². The number of methoxy groups -OCH3 is 1. The number of nitrogens with one attached hydrogen (secondary N) is 1. The molecule has 5 heterocycles. The highest BCUT2D eigenvalue weighted by molar-refractivity contribution is 5.86. The van der Waals surface area contributed by atoms with E-state index in [1.807, 2.05) is 6.07 Å². The third-order valence-electron chi connectivity index (χ3n) is 6.63. The molecule has 4 aliphatic heterocycles. The van der Waals surface area contributed by atoms with E-state index in [0.717, 1.165) is 25.1 Å². The first-order chi connectivity index (χ1) is 11.7. The molecule has 0 amide bonds. The Morgan fingerprint density at radius 2 is 2.29 bits per heavy atom. The molecule has 4 aliphatic rings. The number of fused-ring (bicyclic) bond motifs is 4. The van der Waals surface area contributed by atoms with Crippen molar-refractivity contribution in [3.63, 3.8) is 0 Å². The standard InChI is InChI=1S/C20H24N2O2/c1-3-11-9-22-18-8-15-14-6-12(24-2)4-5-17(14)21-20(15)19(22)7-13(11)16(18)10-23/h3-6,13,16,18-19,21,23H,7-10H2,1-2H3/t13-,16+,18-,19-/m0/s1. The van der Waals surface area contributed by atoms with Crippen LogP contribution in [0.5, 0.6) is 5.75 Å². The second-order valence-electron chi connectivity index (χ2n) is 7.44. The third-order valence-corrected chi connectivity index (χ3v) is 6.63. The summed E-state index contributed by atoms with van der Waals surface area (Å²) >= 11 is 0.